The van der Waals surface area contributed by atoms with Gasteiger partial charge in [0, 0.05) is 13.7 Å². The van der Waals surface area contributed by atoms with Crippen LogP contribution in [0.5, 0.6) is 0 Å². The summed E-state index contributed by atoms with van der Waals surface area (Å²) < 4.78 is 16.0. The lowest BCUT2D eigenvalue weighted by molar-refractivity contribution is 0.0973. The predicted octanol–water partition coefficient (Wildman–Crippen LogP) is 1.56. The van der Waals surface area contributed by atoms with Crippen LogP contribution < -0.4 is 5.56 Å². The summed E-state index contributed by atoms with van der Waals surface area (Å²) in [4.78, 5) is 17.9. The van der Waals surface area contributed by atoms with Gasteiger partial charge in [0.25, 0.3) is 5.56 Å². The lowest BCUT2D eigenvalue weighted by Crippen LogP contribution is -2.28. The summed E-state index contributed by atoms with van der Waals surface area (Å²) in [5.74, 6) is 0.451. The zero-order chi connectivity index (χ0) is 19.1. The number of hydrogen-bond donors (Lipinski definition) is 0. The van der Waals surface area contributed by atoms with Gasteiger partial charge in [0.2, 0.25) is 0 Å². The van der Waals surface area contributed by atoms with Crippen LogP contribution in [0.3, 0.4) is 0 Å². The molecule has 144 valence electrons. The molecule has 0 N–H and O–H groups in total. The van der Waals surface area contributed by atoms with Crippen LogP contribution in [-0.4, -0.2) is 48.8 Å². The molecule has 4 heterocycles. The summed E-state index contributed by atoms with van der Waals surface area (Å²) in [7, 11) is 1.60. The Labute approximate surface area is 160 Å². The number of nitrogens with zero attached hydrogens (tertiary/aromatic N) is 6. The molecule has 5 rings (SSSR count). The minimum atomic E-state index is -0.120. The van der Waals surface area contributed by atoms with Gasteiger partial charge >= 0.3 is 0 Å². The van der Waals surface area contributed by atoms with E-state index in [0.717, 1.165) is 30.5 Å². The molecule has 1 aliphatic heterocycles. The van der Waals surface area contributed by atoms with Crippen LogP contribution in [0.2, 0.25) is 0 Å². The number of benzene rings is 1. The SMILES string of the molecule is COCc1cn(-c2ncn3c2c(=O)n(CC2CCCO2)c2ccccc23)nn1. The van der Waals surface area contributed by atoms with E-state index >= 15 is 0 Å². The number of para-hydroxylation sites is 2. The zero-order valence-electron chi connectivity index (χ0n) is 15.5. The Morgan fingerprint density at radius 1 is 1.29 bits per heavy atom. The highest BCUT2D eigenvalue weighted by Crippen LogP contribution is 2.21. The van der Waals surface area contributed by atoms with Crippen molar-refractivity contribution < 1.29 is 9.47 Å². The molecule has 9 nitrogen and oxygen atoms in total. The van der Waals surface area contributed by atoms with E-state index in [4.69, 9.17) is 9.47 Å². The van der Waals surface area contributed by atoms with E-state index in [-0.39, 0.29) is 11.7 Å². The first-order chi connectivity index (χ1) is 13.8. The minimum Gasteiger partial charge on any atom is -0.378 e. The van der Waals surface area contributed by atoms with E-state index in [1.54, 1.807) is 24.2 Å². The summed E-state index contributed by atoms with van der Waals surface area (Å²) in [6.07, 6.45) is 5.42. The maximum atomic E-state index is 13.5. The third kappa shape index (κ3) is 2.71. The average molecular weight is 380 g/mol. The highest BCUT2D eigenvalue weighted by molar-refractivity contribution is 5.80. The Morgan fingerprint density at radius 2 is 2.14 bits per heavy atom. The number of aromatic nitrogens is 6. The van der Waals surface area contributed by atoms with E-state index in [9.17, 15) is 4.79 Å². The highest BCUT2D eigenvalue weighted by Gasteiger charge is 2.22. The van der Waals surface area contributed by atoms with Gasteiger partial charge in [0.05, 0.1) is 36.5 Å². The topological polar surface area (TPSA) is 88.5 Å². The molecule has 9 heteroatoms. The van der Waals surface area contributed by atoms with E-state index in [2.05, 4.69) is 15.3 Å². The molecule has 1 fully saturated rings. The maximum absolute atomic E-state index is 13.5. The molecule has 0 spiro atoms. The van der Waals surface area contributed by atoms with Crippen molar-refractivity contribution >= 4 is 16.6 Å². The van der Waals surface area contributed by atoms with Gasteiger partial charge in [0.15, 0.2) is 11.3 Å². The van der Waals surface area contributed by atoms with Crippen molar-refractivity contribution in [2.45, 2.75) is 32.1 Å². The number of methoxy groups -OCH3 is 1. The molecule has 1 atom stereocenters. The number of ether oxygens (including phenoxy) is 2. The van der Waals surface area contributed by atoms with Gasteiger partial charge in [-0.1, -0.05) is 17.3 Å². The van der Waals surface area contributed by atoms with E-state index in [1.807, 2.05) is 28.7 Å². The van der Waals surface area contributed by atoms with Crippen LogP contribution in [0.4, 0.5) is 0 Å². The van der Waals surface area contributed by atoms with Crippen LogP contribution in [-0.2, 0) is 22.6 Å². The van der Waals surface area contributed by atoms with Crippen LogP contribution in [0.1, 0.15) is 18.5 Å². The van der Waals surface area contributed by atoms with Gasteiger partial charge in [-0.2, -0.15) is 4.68 Å². The molecule has 0 saturated carbocycles. The Kier molecular flexibility index (Phi) is 4.18. The Morgan fingerprint density at radius 3 is 2.93 bits per heavy atom. The molecule has 1 unspecified atom stereocenters. The molecule has 1 aromatic carbocycles. The first-order valence-corrected chi connectivity index (χ1v) is 9.27. The van der Waals surface area contributed by atoms with Crippen molar-refractivity contribution in [1.29, 1.82) is 0 Å². The van der Waals surface area contributed by atoms with Crippen molar-refractivity contribution in [3.63, 3.8) is 0 Å². The fraction of sp³-hybridized carbons (Fsp3) is 0.368. The lowest BCUT2D eigenvalue weighted by atomic mass is 10.2. The van der Waals surface area contributed by atoms with Gasteiger partial charge in [-0.05, 0) is 25.0 Å². The average Bonchev–Trinajstić information content (AvgIpc) is 3.45. The van der Waals surface area contributed by atoms with Crippen molar-refractivity contribution in [3.05, 3.63) is 52.8 Å². The van der Waals surface area contributed by atoms with Crippen LogP contribution in [0.25, 0.3) is 22.4 Å². The standard InChI is InChI=1S/C19H20N6O3/c1-27-11-13-9-25(22-21-13)18-17-19(26)23(10-14-5-4-8-28-14)15-6-2-3-7-16(15)24(17)12-20-18/h2-3,6-7,9,12,14H,4-5,8,10-11H2,1H3. The van der Waals surface area contributed by atoms with Gasteiger partial charge in [0.1, 0.15) is 12.0 Å². The van der Waals surface area contributed by atoms with Crippen LogP contribution >= 0.6 is 0 Å². The fourth-order valence-corrected chi connectivity index (χ4v) is 3.81. The van der Waals surface area contributed by atoms with E-state index in [1.165, 1.54) is 4.68 Å². The minimum absolute atomic E-state index is 0.0506. The smallest absolute Gasteiger partial charge is 0.279 e. The first-order valence-electron chi connectivity index (χ1n) is 9.27. The fourth-order valence-electron chi connectivity index (χ4n) is 3.81. The monoisotopic (exact) mass is 380 g/mol. The van der Waals surface area contributed by atoms with Gasteiger partial charge in [-0.25, -0.2) is 4.98 Å². The van der Waals surface area contributed by atoms with E-state index < -0.39 is 0 Å². The van der Waals surface area contributed by atoms with Crippen LogP contribution in [0.15, 0.2) is 41.6 Å². The molecule has 1 saturated heterocycles. The van der Waals surface area contributed by atoms with Crippen LogP contribution in [0, 0.1) is 0 Å². The summed E-state index contributed by atoms with van der Waals surface area (Å²) in [6, 6.07) is 7.83. The molecular formula is C19H20N6O3. The lowest BCUT2D eigenvalue weighted by Gasteiger charge is -2.16. The third-order valence-corrected chi connectivity index (χ3v) is 5.09. The molecular weight excluding hydrogens is 360 g/mol. The normalized spacial score (nSPS) is 17.1. The number of hydrogen-bond acceptors (Lipinski definition) is 6. The maximum Gasteiger partial charge on any atom is 0.279 e. The van der Waals surface area contributed by atoms with Crippen molar-refractivity contribution in [3.8, 4) is 5.82 Å². The Hall–Kier alpha value is -3.04. The number of imidazole rings is 1. The number of rotatable bonds is 5. The second-order valence-corrected chi connectivity index (χ2v) is 6.91. The van der Waals surface area contributed by atoms with Crippen molar-refractivity contribution in [1.82, 2.24) is 28.9 Å². The zero-order valence-corrected chi connectivity index (χ0v) is 15.5. The van der Waals surface area contributed by atoms with Gasteiger partial charge in [-0.15, -0.1) is 5.10 Å². The van der Waals surface area contributed by atoms with Gasteiger partial charge < -0.3 is 14.0 Å². The third-order valence-electron chi connectivity index (χ3n) is 5.09. The Bertz CT molecular complexity index is 1200. The van der Waals surface area contributed by atoms with Crippen molar-refractivity contribution in [2.24, 2.45) is 0 Å². The Balaban J connectivity index is 1.73. The molecule has 0 amide bonds. The molecule has 28 heavy (non-hydrogen) atoms. The molecule has 3 aromatic heterocycles. The largest absolute Gasteiger partial charge is 0.378 e. The molecule has 0 radical (unpaired) electrons. The van der Waals surface area contributed by atoms with Crippen molar-refractivity contribution in [2.75, 3.05) is 13.7 Å². The molecule has 0 bridgehead atoms. The first kappa shape index (κ1) is 17.1. The van der Waals surface area contributed by atoms with Gasteiger partial charge in [-0.3, -0.25) is 9.20 Å². The number of fused-ring (bicyclic) bond motifs is 3. The summed E-state index contributed by atoms with van der Waals surface area (Å²) in [6.45, 7) is 1.61. The molecule has 0 aliphatic carbocycles. The highest BCUT2D eigenvalue weighted by atomic mass is 16.5. The quantitative estimate of drug-likeness (QED) is 0.522. The van der Waals surface area contributed by atoms with E-state index in [0.29, 0.717) is 30.2 Å². The summed E-state index contributed by atoms with van der Waals surface area (Å²) in [5, 5.41) is 8.20. The summed E-state index contributed by atoms with van der Waals surface area (Å²) >= 11 is 0. The second-order valence-electron chi connectivity index (χ2n) is 6.91. The molecule has 4 aromatic rings. The summed E-state index contributed by atoms with van der Waals surface area (Å²) in [5.41, 5.74) is 2.78. The second kappa shape index (κ2) is 6.84. The predicted molar refractivity (Wildman–Crippen MR) is 102 cm³/mol. The molecule has 1 aliphatic rings.